The highest BCUT2D eigenvalue weighted by Gasteiger charge is 2.32. The lowest BCUT2D eigenvalue weighted by atomic mass is 9.99. The molecular formula is C13H18N2O3S. The van der Waals surface area contributed by atoms with E-state index < -0.39 is 10.0 Å². The molecule has 1 aliphatic heterocycles. The van der Waals surface area contributed by atoms with Gasteiger partial charge in [-0.15, -0.1) is 0 Å². The maximum absolute atomic E-state index is 11.9. The van der Waals surface area contributed by atoms with Crippen molar-refractivity contribution in [2.75, 3.05) is 26.5 Å². The molecule has 1 unspecified atom stereocenters. The van der Waals surface area contributed by atoms with Gasteiger partial charge in [-0.1, -0.05) is 30.3 Å². The number of rotatable bonds is 4. The average molecular weight is 282 g/mol. The van der Waals surface area contributed by atoms with Crippen LogP contribution in [0, 0.1) is 0 Å². The van der Waals surface area contributed by atoms with Gasteiger partial charge in [-0.05, 0) is 5.56 Å². The lowest BCUT2D eigenvalue weighted by Crippen LogP contribution is -2.39. The molecule has 1 heterocycles. The summed E-state index contributed by atoms with van der Waals surface area (Å²) in [5.74, 6) is 0.158. The first kappa shape index (κ1) is 14.0. The van der Waals surface area contributed by atoms with Gasteiger partial charge in [-0.25, -0.2) is 8.42 Å². The quantitative estimate of drug-likeness (QED) is 0.822. The smallest absolute Gasteiger partial charge is 0.224 e. The standard InChI is InChI=1S/C13H18N2O3S/c1-14(19(2,17)18)10-15-9-12(8-13(15)16)11-6-4-3-5-7-11/h3-7,12H,8-10H2,1-2H3. The van der Waals surface area contributed by atoms with Gasteiger partial charge in [0.05, 0.1) is 12.9 Å². The van der Waals surface area contributed by atoms with E-state index in [9.17, 15) is 13.2 Å². The van der Waals surface area contributed by atoms with Gasteiger partial charge in [0.15, 0.2) is 0 Å². The molecule has 1 amide bonds. The molecule has 1 atom stereocenters. The molecule has 0 saturated carbocycles. The monoisotopic (exact) mass is 282 g/mol. The Balaban J connectivity index is 2.05. The molecule has 1 aromatic carbocycles. The summed E-state index contributed by atoms with van der Waals surface area (Å²) in [5, 5.41) is 0. The molecule has 5 nitrogen and oxygen atoms in total. The summed E-state index contributed by atoms with van der Waals surface area (Å²) < 4.78 is 23.9. The molecule has 0 aliphatic carbocycles. The number of likely N-dealkylation sites (tertiary alicyclic amines) is 1. The second kappa shape index (κ2) is 5.30. The van der Waals surface area contributed by atoms with E-state index in [0.717, 1.165) is 11.8 Å². The van der Waals surface area contributed by atoms with Gasteiger partial charge < -0.3 is 4.90 Å². The third kappa shape index (κ3) is 3.33. The van der Waals surface area contributed by atoms with Crippen molar-refractivity contribution >= 4 is 15.9 Å². The van der Waals surface area contributed by atoms with Crippen molar-refractivity contribution in [1.82, 2.24) is 9.21 Å². The predicted octanol–water partition coefficient (Wildman–Crippen LogP) is 0.851. The lowest BCUT2D eigenvalue weighted by molar-refractivity contribution is -0.128. The minimum Gasteiger partial charge on any atom is -0.328 e. The fraction of sp³-hybridized carbons (Fsp3) is 0.462. The molecule has 0 spiro atoms. The minimum atomic E-state index is -3.26. The van der Waals surface area contributed by atoms with E-state index in [0.29, 0.717) is 13.0 Å². The van der Waals surface area contributed by atoms with Crippen molar-refractivity contribution in [1.29, 1.82) is 0 Å². The Bertz CT molecular complexity index is 557. The van der Waals surface area contributed by atoms with Gasteiger partial charge in [-0.2, -0.15) is 4.31 Å². The Morgan fingerprint density at radius 1 is 1.32 bits per heavy atom. The molecule has 0 aromatic heterocycles. The van der Waals surface area contributed by atoms with E-state index in [-0.39, 0.29) is 18.5 Å². The molecule has 0 radical (unpaired) electrons. The number of hydrogen-bond acceptors (Lipinski definition) is 3. The molecule has 19 heavy (non-hydrogen) atoms. The summed E-state index contributed by atoms with van der Waals surface area (Å²) in [6.07, 6.45) is 1.59. The number of benzene rings is 1. The van der Waals surface area contributed by atoms with Crippen molar-refractivity contribution in [2.45, 2.75) is 12.3 Å². The highest BCUT2D eigenvalue weighted by atomic mass is 32.2. The molecule has 1 fully saturated rings. The van der Waals surface area contributed by atoms with Crippen molar-refractivity contribution in [2.24, 2.45) is 0 Å². The summed E-state index contributed by atoms with van der Waals surface area (Å²) in [7, 11) is -1.77. The SMILES string of the molecule is CN(CN1CC(c2ccccc2)CC1=O)S(C)(=O)=O. The number of sulfonamides is 1. The zero-order valence-corrected chi connectivity index (χ0v) is 11.9. The Morgan fingerprint density at radius 3 is 2.53 bits per heavy atom. The summed E-state index contributed by atoms with van der Waals surface area (Å²) >= 11 is 0. The molecule has 0 bridgehead atoms. The van der Waals surface area contributed by atoms with Crippen LogP contribution in [0.2, 0.25) is 0 Å². The van der Waals surface area contributed by atoms with Gasteiger partial charge in [-0.3, -0.25) is 4.79 Å². The van der Waals surface area contributed by atoms with Crippen molar-refractivity contribution < 1.29 is 13.2 Å². The Labute approximate surface area is 113 Å². The summed E-state index contributed by atoms with van der Waals surface area (Å²) in [6.45, 7) is 0.698. The van der Waals surface area contributed by atoms with Crippen LogP contribution >= 0.6 is 0 Å². The number of carbonyl (C=O) groups excluding carboxylic acids is 1. The second-order valence-electron chi connectivity index (χ2n) is 4.93. The van der Waals surface area contributed by atoms with Gasteiger partial charge >= 0.3 is 0 Å². The van der Waals surface area contributed by atoms with Gasteiger partial charge in [0.1, 0.15) is 0 Å². The van der Waals surface area contributed by atoms with Crippen LogP contribution in [0.15, 0.2) is 30.3 Å². The van der Waals surface area contributed by atoms with E-state index in [1.165, 1.54) is 11.4 Å². The summed E-state index contributed by atoms with van der Waals surface area (Å²) in [4.78, 5) is 13.5. The minimum absolute atomic E-state index is 0.00403. The average Bonchev–Trinajstić information content (AvgIpc) is 2.71. The first-order chi connectivity index (χ1) is 8.88. The van der Waals surface area contributed by atoms with Crippen LogP contribution in [-0.4, -0.2) is 50.0 Å². The normalized spacial score (nSPS) is 20.3. The van der Waals surface area contributed by atoms with Gasteiger partial charge in [0.25, 0.3) is 0 Å². The van der Waals surface area contributed by atoms with Crippen LogP contribution in [-0.2, 0) is 14.8 Å². The fourth-order valence-corrected chi connectivity index (χ4v) is 2.55. The zero-order chi connectivity index (χ0) is 14.0. The molecule has 1 aliphatic rings. The number of amides is 1. The van der Waals surface area contributed by atoms with Crippen LogP contribution in [0.25, 0.3) is 0 Å². The lowest BCUT2D eigenvalue weighted by Gasteiger charge is -2.22. The third-order valence-electron chi connectivity index (χ3n) is 3.42. The molecule has 0 N–H and O–H groups in total. The number of carbonyl (C=O) groups is 1. The first-order valence-electron chi connectivity index (χ1n) is 6.12. The van der Waals surface area contributed by atoms with Crippen molar-refractivity contribution in [3.05, 3.63) is 35.9 Å². The van der Waals surface area contributed by atoms with Crippen molar-refractivity contribution in [3.63, 3.8) is 0 Å². The van der Waals surface area contributed by atoms with Crippen LogP contribution in [0.3, 0.4) is 0 Å². The third-order valence-corrected chi connectivity index (χ3v) is 4.67. The largest absolute Gasteiger partial charge is 0.328 e. The predicted molar refractivity (Wildman–Crippen MR) is 73.0 cm³/mol. The number of nitrogens with zero attached hydrogens (tertiary/aromatic N) is 2. The Hall–Kier alpha value is -1.40. The van der Waals surface area contributed by atoms with E-state index in [1.807, 2.05) is 30.3 Å². The number of hydrogen-bond donors (Lipinski definition) is 0. The zero-order valence-electron chi connectivity index (χ0n) is 11.1. The summed E-state index contributed by atoms with van der Waals surface area (Å²) in [6, 6.07) is 9.84. The van der Waals surface area contributed by atoms with Gasteiger partial charge in [0.2, 0.25) is 15.9 Å². The molecule has 1 aromatic rings. The van der Waals surface area contributed by atoms with E-state index in [1.54, 1.807) is 4.90 Å². The van der Waals surface area contributed by atoms with E-state index in [2.05, 4.69) is 0 Å². The molecule has 104 valence electrons. The van der Waals surface area contributed by atoms with Crippen LogP contribution < -0.4 is 0 Å². The first-order valence-corrected chi connectivity index (χ1v) is 7.97. The van der Waals surface area contributed by atoms with E-state index in [4.69, 9.17) is 0 Å². The molecule has 1 saturated heterocycles. The maximum Gasteiger partial charge on any atom is 0.224 e. The molecule has 6 heteroatoms. The summed E-state index contributed by atoms with van der Waals surface area (Å²) in [5.41, 5.74) is 1.13. The Kier molecular flexibility index (Phi) is 3.91. The van der Waals surface area contributed by atoms with Crippen molar-refractivity contribution in [3.8, 4) is 0 Å². The van der Waals surface area contributed by atoms with Gasteiger partial charge in [0, 0.05) is 25.9 Å². The van der Waals surface area contributed by atoms with Crippen LogP contribution in [0.1, 0.15) is 17.9 Å². The molecule has 2 rings (SSSR count). The highest BCUT2D eigenvalue weighted by Crippen LogP contribution is 2.27. The maximum atomic E-state index is 11.9. The van der Waals surface area contributed by atoms with E-state index >= 15 is 0 Å². The second-order valence-corrected chi connectivity index (χ2v) is 7.02. The Morgan fingerprint density at radius 2 is 1.95 bits per heavy atom. The fourth-order valence-electron chi connectivity index (χ4n) is 2.20. The van der Waals surface area contributed by atoms with Crippen LogP contribution in [0.4, 0.5) is 0 Å². The topological polar surface area (TPSA) is 57.7 Å². The molecular weight excluding hydrogens is 264 g/mol. The highest BCUT2D eigenvalue weighted by molar-refractivity contribution is 7.88. The van der Waals surface area contributed by atoms with Crippen LogP contribution in [0.5, 0.6) is 0 Å².